The monoisotopic (exact) mass is 265 g/mol. The Morgan fingerprint density at radius 2 is 1.16 bits per heavy atom. The van der Waals surface area contributed by atoms with Crippen molar-refractivity contribution in [2.75, 3.05) is 0 Å². The zero-order valence-electron chi connectivity index (χ0n) is 12.1. The molecule has 0 aliphatic carbocycles. The number of hydrogen-bond acceptors (Lipinski definition) is 4. The molecular weight excluding hydrogens is 246 g/mol. The van der Waals surface area contributed by atoms with Crippen LogP contribution in [0.2, 0.25) is 0 Å². The van der Waals surface area contributed by atoms with Gasteiger partial charge in [0.15, 0.2) is 0 Å². The van der Waals surface area contributed by atoms with E-state index in [4.69, 9.17) is 4.42 Å². The summed E-state index contributed by atoms with van der Waals surface area (Å²) in [5, 5.41) is 9.72. The zero-order valence-corrected chi connectivity index (χ0v) is 12.1. The Bertz CT molecular complexity index is 521. The van der Waals surface area contributed by atoms with E-state index in [0.29, 0.717) is 11.5 Å². The molecule has 1 N–H and O–H groups in total. The van der Waals surface area contributed by atoms with Gasteiger partial charge in [-0.05, 0) is 0 Å². The van der Waals surface area contributed by atoms with Gasteiger partial charge >= 0.3 is 0 Å². The first-order valence-electron chi connectivity index (χ1n) is 6.21. The molecule has 1 aliphatic heterocycles. The summed E-state index contributed by atoms with van der Waals surface area (Å²) in [5.41, 5.74) is -0.446. The van der Waals surface area contributed by atoms with Crippen LogP contribution in [0.3, 0.4) is 0 Å². The van der Waals surface area contributed by atoms with Gasteiger partial charge < -0.3 is 4.42 Å². The van der Waals surface area contributed by atoms with Gasteiger partial charge in [-0.3, -0.25) is 14.8 Å². The van der Waals surface area contributed by atoms with Gasteiger partial charge in [-0.1, -0.05) is 41.5 Å². The normalized spacial score (nSPS) is 16.3. The summed E-state index contributed by atoms with van der Waals surface area (Å²) in [6.45, 7) is 11.4. The molecule has 0 unspecified atom stereocenters. The van der Waals surface area contributed by atoms with Gasteiger partial charge in [0.05, 0.1) is 11.1 Å². The van der Waals surface area contributed by atoms with E-state index in [1.807, 2.05) is 41.5 Å². The van der Waals surface area contributed by atoms with Crippen LogP contribution in [0.25, 0.3) is 0 Å². The molecule has 0 bridgehead atoms. The summed E-state index contributed by atoms with van der Waals surface area (Å²) in [6, 6.07) is 0. The minimum Gasteiger partial charge on any atom is -0.463 e. The number of carbonyl (C=O) groups excluding carboxylic acids is 2. The van der Waals surface area contributed by atoms with Crippen LogP contribution < -0.4 is 0 Å². The van der Waals surface area contributed by atoms with Crippen LogP contribution in [0.5, 0.6) is 0 Å². The summed E-state index contributed by atoms with van der Waals surface area (Å²) in [7, 11) is 0. The van der Waals surface area contributed by atoms with E-state index in [1.54, 1.807) is 0 Å². The van der Waals surface area contributed by atoms with Crippen molar-refractivity contribution in [1.82, 2.24) is 5.06 Å². The quantitative estimate of drug-likeness (QED) is 0.578. The van der Waals surface area contributed by atoms with Gasteiger partial charge in [0.1, 0.15) is 11.5 Å². The van der Waals surface area contributed by atoms with Crippen LogP contribution in [-0.4, -0.2) is 22.1 Å². The lowest BCUT2D eigenvalue weighted by Crippen LogP contribution is -2.28. The summed E-state index contributed by atoms with van der Waals surface area (Å²) in [6.07, 6.45) is 0. The van der Waals surface area contributed by atoms with Gasteiger partial charge in [0.2, 0.25) is 0 Å². The molecule has 0 saturated heterocycles. The second kappa shape index (κ2) is 3.70. The first-order chi connectivity index (χ1) is 8.46. The number of hydroxylamine groups is 2. The number of fused-ring (bicyclic) bond motifs is 1. The van der Waals surface area contributed by atoms with Crippen molar-refractivity contribution in [2.24, 2.45) is 0 Å². The van der Waals surface area contributed by atoms with Crippen LogP contribution in [-0.2, 0) is 10.8 Å². The van der Waals surface area contributed by atoms with E-state index < -0.39 is 22.6 Å². The zero-order chi connectivity index (χ0) is 14.7. The maximum Gasteiger partial charge on any atom is 0.289 e. The fourth-order valence-corrected chi connectivity index (χ4v) is 2.20. The third-order valence-electron chi connectivity index (χ3n) is 3.08. The molecule has 0 radical (unpaired) electrons. The third kappa shape index (κ3) is 1.89. The number of amides is 2. The molecule has 19 heavy (non-hydrogen) atoms. The Morgan fingerprint density at radius 1 is 0.842 bits per heavy atom. The molecule has 1 aliphatic rings. The Kier molecular flexibility index (Phi) is 2.68. The van der Waals surface area contributed by atoms with Crippen molar-refractivity contribution >= 4 is 11.8 Å². The van der Waals surface area contributed by atoms with Crippen molar-refractivity contribution in [1.29, 1.82) is 0 Å². The molecule has 1 aromatic rings. The average molecular weight is 265 g/mol. The summed E-state index contributed by atoms with van der Waals surface area (Å²) < 4.78 is 5.83. The lowest BCUT2D eigenvalue weighted by molar-refractivity contribution is -0.0333. The van der Waals surface area contributed by atoms with E-state index in [1.165, 1.54) is 0 Å². The highest BCUT2D eigenvalue weighted by Gasteiger charge is 2.47. The second-order valence-corrected chi connectivity index (χ2v) is 6.93. The summed E-state index contributed by atoms with van der Waals surface area (Å²) in [4.78, 5) is 24.0. The standard InChI is InChI=1S/C14H19NO4/c1-13(2,3)9-7-8(10(19-9)14(4,5)6)12(17)15(18)11(7)16/h18H,1-6H3. The highest BCUT2D eigenvalue weighted by atomic mass is 16.5. The molecule has 2 heterocycles. The third-order valence-corrected chi connectivity index (χ3v) is 3.08. The Morgan fingerprint density at radius 3 is 1.42 bits per heavy atom. The fourth-order valence-electron chi connectivity index (χ4n) is 2.20. The minimum atomic E-state index is -0.704. The highest BCUT2D eigenvalue weighted by molar-refractivity contribution is 6.21. The SMILES string of the molecule is CC(C)(C)c1oc(C(C)(C)C)c2c1C(=O)N(O)C2=O. The van der Waals surface area contributed by atoms with E-state index in [0.717, 1.165) is 0 Å². The number of imide groups is 1. The molecule has 0 fully saturated rings. The molecule has 5 nitrogen and oxygen atoms in total. The molecule has 2 rings (SSSR count). The number of carbonyl (C=O) groups is 2. The predicted molar refractivity (Wildman–Crippen MR) is 68.4 cm³/mol. The van der Waals surface area contributed by atoms with Crippen LogP contribution in [0.1, 0.15) is 73.8 Å². The largest absolute Gasteiger partial charge is 0.463 e. The topological polar surface area (TPSA) is 70.8 Å². The lowest BCUT2D eigenvalue weighted by Gasteiger charge is -2.20. The second-order valence-electron chi connectivity index (χ2n) is 6.93. The lowest BCUT2D eigenvalue weighted by atomic mass is 9.87. The molecule has 5 heteroatoms. The van der Waals surface area contributed by atoms with E-state index in [-0.39, 0.29) is 16.2 Å². The molecular formula is C14H19NO4. The summed E-state index contributed by atoms with van der Waals surface area (Å²) >= 11 is 0. The number of furan rings is 1. The molecule has 0 atom stereocenters. The molecule has 104 valence electrons. The molecule has 0 spiro atoms. The first kappa shape index (κ1) is 13.8. The van der Waals surface area contributed by atoms with Gasteiger partial charge in [0.25, 0.3) is 11.8 Å². The molecule has 0 saturated carbocycles. The van der Waals surface area contributed by atoms with Gasteiger partial charge in [-0.25, -0.2) is 0 Å². The Labute approximate surface area is 112 Å². The minimum absolute atomic E-state index is 0.171. The number of nitrogens with zero attached hydrogens (tertiary/aromatic N) is 1. The van der Waals surface area contributed by atoms with Crippen LogP contribution in [0.15, 0.2) is 4.42 Å². The molecule has 0 aromatic carbocycles. The Balaban J connectivity index is 2.81. The average Bonchev–Trinajstić information content (AvgIpc) is 2.72. The van der Waals surface area contributed by atoms with E-state index in [9.17, 15) is 14.8 Å². The fraction of sp³-hybridized carbons (Fsp3) is 0.571. The van der Waals surface area contributed by atoms with Crippen molar-refractivity contribution in [3.05, 3.63) is 22.6 Å². The van der Waals surface area contributed by atoms with Gasteiger partial charge in [-0.15, -0.1) is 5.06 Å². The van der Waals surface area contributed by atoms with E-state index >= 15 is 0 Å². The van der Waals surface area contributed by atoms with Gasteiger partial charge in [0, 0.05) is 10.8 Å². The van der Waals surface area contributed by atoms with Crippen LogP contribution in [0.4, 0.5) is 0 Å². The summed E-state index contributed by atoms with van der Waals surface area (Å²) in [5.74, 6) is -0.516. The van der Waals surface area contributed by atoms with Crippen molar-refractivity contribution < 1.29 is 19.2 Å². The van der Waals surface area contributed by atoms with Crippen molar-refractivity contribution in [3.8, 4) is 0 Å². The van der Waals surface area contributed by atoms with Crippen LogP contribution in [0, 0.1) is 0 Å². The maximum absolute atomic E-state index is 12.0. The predicted octanol–water partition coefficient (Wildman–Crippen LogP) is 2.86. The van der Waals surface area contributed by atoms with Crippen molar-refractivity contribution in [3.63, 3.8) is 0 Å². The maximum atomic E-state index is 12.0. The van der Waals surface area contributed by atoms with Crippen LogP contribution >= 0.6 is 0 Å². The smallest absolute Gasteiger partial charge is 0.289 e. The highest BCUT2D eigenvalue weighted by Crippen LogP contribution is 2.41. The molecule has 1 aromatic heterocycles. The van der Waals surface area contributed by atoms with E-state index in [2.05, 4.69) is 0 Å². The van der Waals surface area contributed by atoms with Crippen molar-refractivity contribution in [2.45, 2.75) is 52.4 Å². The molecule has 2 amide bonds. The Hall–Kier alpha value is -1.62. The van der Waals surface area contributed by atoms with Gasteiger partial charge in [-0.2, -0.15) is 0 Å². The number of rotatable bonds is 0. The first-order valence-corrected chi connectivity index (χ1v) is 6.21. The number of hydrogen-bond donors (Lipinski definition) is 1.